The second-order valence-corrected chi connectivity index (χ2v) is 12.7. The number of anilines is 1. The number of hydrogen-bond donors (Lipinski definition) is 1. The van der Waals surface area contributed by atoms with Crippen LogP contribution in [-0.4, -0.2) is 44.3 Å². The van der Waals surface area contributed by atoms with Gasteiger partial charge in [-0.2, -0.15) is 0 Å². The number of carbonyl (C=O) groups is 2. The van der Waals surface area contributed by atoms with Gasteiger partial charge in [0, 0.05) is 25.1 Å². The van der Waals surface area contributed by atoms with Crippen LogP contribution in [-0.2, 0) is 32.6 Å². The minimum Gasteiger partial charge on any atom is -0.355 e. The highest BCUT2D eigenvalue weighted by Gasteiger charge is 2.35. The number of rotatable bonds is 12. The summed E-state index contributed by atoms with van der Waals surface area (Å²) < 4.78 is 44.4. The Morgan fingerprint density at radius 2 is 1.48 bits per heavy atom. The molecule has 0 saturated heterocycles. The first-order valence-corrected chi connectivity index (χ1v) is 16.0. The molecule has 1 N–H and O–H groups in total. The van der Waals surface area contributed by atoms with Crippen LogP contribution in [0.15, 0.2) is 102 Å². The smallest absolute Gasteiger partial charge is 0.264 e. The molecule has 0 unspecified atom stereocenters. The molecule has 0 aliphatic carbocycles. The zero-order valence-corrected chi connectivity index (χ0v) is 26.3. The van der Waals surface area contributed by atoms with Gasteiger partial charge in [-0.15, -0.1) is 0 Å². The van der Waals surface area contributed by atoms with Crippen molar-refractivity contribution in [1.29, 1.82) is 0 Å². The molecule has 7 nitrogen and oxygen atoms in total. The van der Waals surface area contributed by atoms with E-state index in [2.05, 4.69) is 5.32 Å². The summed E-state index contributed by atoms with van der Waals surface area (Å²) in [4.78, 5) is 29.3. The van der Waals surface area contributed by atoms with E-state index in [4.69, 9.17) is 0 Å². The number of sulfonamides is 1. The summed E-state index contributed by atoms with van der Waals surface area (Å²) in [7, 11) is -4.22. The molecular formula is C35H38FN3O4S. The van der Waals surface area contributed by atoms with Crippen molar-refractivity contribution in [2.75, 3.05) is 17.4 Å². The Morgan fingerprint density at radius 3 is 2.11 bits per heavy atom. The summed E-state index contributed by atoms with van der Waals surface area (Å²) in [5, 5.41) is 2.80. The zero-order chi connectivity index (χ0) is 31.9. The largest absolute Gasteiger partial charge is 0.355 e. The number of carbonyl (C=O) groups excluding carboxylic acids is 2. The molecule has 9 heteroatoms. The lowest BCUT2D eigenvalue weighted by molar-refractivity contribution is -0.140. The molecular weight excluding hydrogens is 577 g/mol. The highest BCUT2D eigenvalue weighted by atomic mass is 32.2. The zero-order valence-electron chi connectivity index (χ0n) is 25.5. The molecule has 0 aliphatic rings. The van der Waals surface area contributed by atoms with E-state index < -0.39 is 40.2 Å². The standard InChI is InChI=1S/C35H38FN3O4S/c1-5-37-35(41)33(22-28-11-7-6-8-12-28)38(23-29-13-9-10-14-31(29)36)34(40)24-39(32-20-17-26(3)21-27(32)4)44(42,43)30-18-15-25(2)16-19-30/h6-21,33H,5,22-24H2,1-4H3,(H,37,41)/t33-/m0/s1. The van der Waals surface area contributed by atoms with E-state index in [0.29, 0.717) is 17.8 Å². The van der Waals surface area contributed by atoms with Gasteiger partial charge in [-0.3, -0.25) is 13.9 Å². The molecule has 4 rings (SSSR count). The van der Waals surface area contributed by atoms with E-state index in [9.17, 15) is 22.4 Å². The summed E-state index contributed by atoms with van der Waals surface area (Å²) in [6.07, 6.45) is 0.154. The molecule has 0 fully saturated rings. The lowest BCUT2D eigenvalue weighted by Gasteiger charge is -2.34. The number of amides is 2. The molecule has 1 atom stereocenters. The Labute approximate surface area is 259 Å². The quantitative estimate of drug-likeness (QED) is 0.221. The van der Waals surface area contributed by atoms with E-state index in [1.165, 1.54) is 23.1 Å². The van der Waals surface area contributed by atoms with Crippen LogP contribution in [0.25, 0.3) is 0 Å². The van der Waals surface area contributed by atoms with Gasteiger partial charge in [0.05, 0.1) is 10.6 Å². The third-order valence-electron chi connectivity index (χ3n) is 7.43. The monoisotopic (exact) mass is 615 g/mol. The molecule has 0 spiro atoms. The van der Waals surface area contributed by atoms with Crippen LogP contribution < -0.4 is 9.62 Å². The van der Waals surface area contributed by atoms with Crippen LogP contribution in [0, 0.1) is 26.6 Å². The fourth-order valence-electron chi connectivity index (χ4n) is 5.09. The highest BCUT2D eigenvalue weighted by molar-refractivity contribution is 7.92. The maximum Gasteiger partial charge on any atom is 0.264 e. The summed E-state index contributed by atoms with van der Waals surface area (Å²) >= 11 is 0. The van der Waals surface area contributed by atoms with Gasteiger partial charge >= 0.3 is 0 Å². The van der Waals surface area contributed by atoms with Crippen molar-refractivity contribution in [3.8, 4) is 0 Å². The van der Waals surface area contributed by atoms with Crippen molar-refractivity contribution < 1.29 is 22.4 Å². The second kappa shape index (κ2) is 14.3. The Balaban J connectivity index is 1.83. The normalized spacial score (nSPS) is 11.9. The van der Waals surface area contributed by atoms with Gasteiger partial charge in [-0.25, -0.2) is 12.8 Å². The van der Waals surface area contributed by atoms with Crippen LogP contribution in [0.5, 0.6) is 0 Å². The molecule has 0 saturated carbocycles. The topological polar surface area (TPSA) is 86.8 Å². The van der Waals surface area contributed by atoms with Gasteiger partial charge in [-0.05, 0) is 63.1 Å². The Kier molecular flexibility index (Phi) is 10.5. The number of nitrogens with one attached hydrogen (secondary N) is 1. The van der Waals surface area contributed by atoms with E-state index in [0.717, 1.165) is 21.0 Å². The summed E-state index contributed by atoms with van der Waals surface area (Å²) in [5.41, 5.74) is 3.84. The van der Waals surface area contributed by atoms with Crippen molar-refractivity contribution in [2.45, 2.75) is 51.6 Å². The van der Waals surface area contributed by atoms with Crippen molar-refractivity contribution in [3.05, 3.63) is 131 Å². The summed E-state index contributed by atoms with van der Waals surface area (Å²) in [6, 6.07) is 26.0. The first-order chi connectivity index (χ1) is 21.0. The minimum atomic E-state index is -4.22. The summed E-state index contributed by atoms with van der Waals surface area (Å²) in [6.45, 7) is 6.81. The maximum absolute atomic E-state index is 15.0. The van der Waals surface area contributed by atoms with Gasteiger partial charge in [0.25, 0.3) is 10.0 Å². The Bertz CT molecular complexity index is 1710. The van der Waals surface area contributed by atoms with Crippen molar-refractivity contribution in [3.63, 3.8) is 0 Å². The predicted octanol–water partition coefficient (Wildman–Crippen LogP) is 5.72. The third kappa shape index (κ3) is 7.71. The molecule has 44 heavy (non-hydrogen) atoms. The second-order valence-electron chi connectivity index (χ2n) is 10.8. The van der Waals surface area contributed by atoms with Crippen LogP contribution >= 0.6 is 0 Å². The van der Waals surface area contributed by atoms with Gasteiger partial charge in [0.15, 0.2) is 0 Å². The molecule has 2 amide bonds. The Hall–Kier alpha value is -4.50. The van der Waals surface area contributed by atoms with Crippen molar-refractivity contribution in [1.82, 2.24) is 10.2 Å². The number of aryl methyl sites for hydroxylation is 3. The van der Waals surface area contributed by atoms with Gasteiger partial charge in [-0.1, -0.05) is 83.9 Å². The van der Waals surface area contributed by atoms with Gasteiger partial charge in [0.2, 0.25) is 11.8 Å². The SMILES string of the molecule is CCNC(=O)[C@H](Cc1ccccc1)N(Cc1ccccc1F)C(=O)CN(c1ccc(C)cc1C)S(=O)(=O)c1ccc(C)cc1. The predicted molar refractivity (Wildman–Crippen MR) is 171 cm³/mol. The molecule has 4 aromatic carbocycles. The molecule has 0 heterocycles. The minimum absolute atomic E-state index is 0.0288. The fourth-order valence-corrected chi connectivity index (χ4v) is 6.57. The van der Waals surface area contributed by atoms with Crippen LogP contribution in [0.3, 0.4) is 0 Å². The average molecular weight is 616 g/mol. The number of likely N-dealkylation sites (N-methyl/N-ethyl adjacent to an activating group) is 1. The molecule has 4 aromatic rings. The number of benzene rings is 4. The van der Waals surface area contributed by atoms with E-state index in [1.807, 2.05) is 50.2 Å². The van der Waals surface area contributed by atoms with Crippen molar-refractivity contribution in [2.24, 2.45) is 0 Å². The number of halogens is 1. The maximum atomic E-state index is 15.0. The lowest BCUT2D eigenvalue weighted by Crippen LogP contribution is -2.53. The van der Waals surface area contributed by atoms with E-state index in [1.54, 1.807) is 56.3 Å². The first kappa shape index (κ1) is 32.4. The van der Waals surface area contributed by atoms with Crippen molar-refractivity contribution >= 4 is 27.5 Å². The Morgan fingerprint density at radius 1 is 0.841 bits per heavy atom. The van der Waals surface area contributed by atoms with E-state index in [-0.39, 0.29) is 23.4 Å². The first-order valence-electron chi connectivity index (χ1n) is 14.5. The van der Waals surface area contributed by atoms with Crippen LogP contribution in [0.1, 0.15) is 34.7 Å². The van der Waals surface area contributed by atoms with Gasteiger partial charge < -0.3 is 10.2 Å². The third-order valence-corrected chi connectivity index (χ3v) is 9.20. The molecule has 0 aliphatic heterocycles. The molecule has 0 bridgehead atoms. The fraction of sp³-hybridized carbons (Fsp3) is 0.257. The highest BCUT2D eigenvalue weighted by Crippen LogP contribution is 2.29. The molecule has 230 valence electrons. The molecule has 0 radical (unpaired) electrons. The van der Waals surface area contributed by atoms with E-state index >= 15 is 0 Å². The van der Waals surface area contributed by atoms with Crippen LogP contribution in [0.2, 0.25) is 0 Å². The molecule has 0 aromatic heterocycles. The average Bonchev–Trinajstić information content (AvgIpc) is 2.99. The summed E-state index contributed by atoms with van der Waals surface area (Å²) in [5.74, 6) is -1.59. The van der Waals surface area contributed by atoms with Gasteiger partial charge in [0.1, 0.15) is 18.4 Å². The number of hydrogen-bond acceptors (Lipinski definition) is 4. The number of nitrogens with zero attached hydrogens (tertiary/aromatic N) is 2. The lowest BCUT2D eigenvalue weighted by atomic mass is 10.0. The van der Waals surface area contributed by atoms with Crippen LogP contribution in [0.4, 0.5) is 10.1 Å².